The van der Waals surface area contributed by atoms with Crippen LogP contribution >= 0.6 is 0 Å². The van der Waals surface area contributed by atoms with E-state index in [0.717, 1.165) is 18.5 Å². The summed E-state index contributed by atoms with van der Waals surface area (Å²) in [4.78, 5) is 17.0. The Labute approximate surface area is 155 Å². The van der Waals surface area contributed by atoms with Gasteiger partial charge in [-0.2, -0.15) is 10.1 Å². The molecule has 1 atom stereocenters. The molecule has 0 bridgehead atoms. The number of aromatic nitrogens is 4. The van der Waals surface area contributed by atoms with Crippen molar-refractivity contribution in [2.75, 3.05) is 0 Å². The molecule has 3 aromatic rings. The van der Waals surface area contributed by atoms with Gasteiger partial charge in [-0.1, -0.05) is 24.2 Å². The summed E-state index contributed by atoms with van der Waals surface area (Å²) >= 11 is 0. The Morgan fingerprint density at radius 1 is 1.41 bits per heavy atom. The zero-order chi connectivity index (χ0) is 19.0. The van der Waals surface area contributed by atoms with Gasteiger partial charge in [-0.25, -0.2) is 4.39 Å². The lowest BCUT2D eigenvalue weighted by Gasteiger charge is -2.12. The van der Waals surface area contributed by atoms with Crippen molar-refractivity contribution in [2.24, 2.45) is 7.05 Å². The number of amides is 1. The first-order chi connectivity index (χ1) is 13.0. The van der Waals surface area contributed by atoms with Crippen LogP contribution in [0.25, 0.3) is 11.4 Å². The second-order valence-corrected chi connectivity index (χ2v) is 6.75. The summed E-state index contributed by atoms with van der Waals surface area (Å²) in [6.07, 6.45) is 2.82. The van der Waals surface area contributed by atoms with Crippen LogP contribution < -0.4 is 5.32 Å². The third kappa shape index (κ3) is 3.60. The van der Waals surface area contributed by atoms with E-state index in [-0.39, 0.29) is 23.4 Å². The van der Waals surface area contributed by atoms with Gasteiger partial charge in [0.25, 0.3) is 5.91 Å². The zero-order valence-electron chi connectivity index (χ0n) is 15.1. The molecular weight excluding hydrogens is 349 g/mol. The van der Waals surface area contributed by atoms with Crippen LogP contribution in [-0.4, -0.2) is 25.8 Å². The second kappa shape index (κ2) is 6.94. The quantitative estimate of drug-likeness (QED) is 0.720. The standard InChI is InChI=1S/C19H20FN5O2/c1-3-14(19-22-17(24-27-19)12-5-4-6-13(20)9-12)21-18(26)16-10-15(11-7-8-11)23-25(16)2/h4-6,9-11,14H,3,7-8H2,1-2H3,(H,21,26). The van der Waals surface area contributed by atoms with Gasteiger partial charge in [0.1, 0.15) is 17.6 Å². The fourth-order valence-electron chi connectivity index (χ4n) is 2.97. The summed E-state index contributed by atoms with van der Waals surface area (Å²) in [5.74, 6) is 0.434. The van der Waals surface area contributed by atoms with Gasteiger partial charge in [0.15, 0.2) is 0 Å². The summed E-state index contributed by atoms with van der Waals surface area (Å²) in [6, 6.07) is 7.37. The topological polar surface area (TPSA) is 85.8 Å². The Balaban J connectivity index is 1.51. The number of halogens is 1. The van der Waals surface area contributed by atoms with Gasteiger partial charge >= 0.3 is 0 Å². The van der Waals surface area contributed by atoms with Gasteiger partial charge in [-0.15, -0.1) is 0 Å². The summed E-state index contributed by atoms with van der Waals surface area (Å²) in [5, 5.41) is 11.2. The van der Waals surface area contributed by atoms with E-state index in [0.29, 0.717) is 23.6 Å². The van der Waals surface area contributed by atoms with Crippen molar-refractivity contribution in [2.45, 2.75) is 38.1 Å². The maximum absolute atomic E-state index is 13.4. The molecule has 1 unspecified atom stereocenters. The maximum Gasteiger partial charge on any atom is 0.270 e. The Hall–Kier alpha value is -3.03. The molecule has 1 aromatic carbocycles. The average molecular weight is 369 g/mol. The highest BCUT2D eigenvalue weighted by molar-refractivity contribution is 5.92. The van der Waals surface area contributed by atoms with Crippen LogP contribution in [0.3, 0.4) is 0 Å². The first-order valence-corrected chi connectivity index (χ1v) is 8.99. The molecule has 27 heavy (non-hydrogen) atoms. The highest BCUT2D eigenvalue weighted by atomic mass is 19.1. The van der Waals surface area contributed by atoms with E-state index in [1.165, 1.54) is 12.1 Å². The van der Waals surface area contributed by atoms with Crippen molar-refractivity contribution in [1.29, 1.82) is 0 Å². The number of nitrogens with zero attached hydrogens (tertiary/aromatic N) is 4. The molecular formula is C19H20FN5O2. The van der Waals surface area contributed by atoms with Crippen molar-refractivity contribution in [3.63, 3.8) is 0 Å². The molecule has 7 nitrogen and oxygen atoms in total. The van der Waals surface area contributed by atoms with Gasteiger partial charge in [-0.3, -0.25) is 9.48 Å². The predicted octanol–water partition coefficient (Wildman–Crippen LogP) is 3.37. The number of hydrogen-bond acceptors (Lipinski definition) is 5. The fourth-order valence-corrected chi connectivity index (χ4v) is 2.97. The summed E-state index contributed by atoms with van der Waals surface area (Å²) in [6.45, 7) is 1.91. The molecule has 0 spiro atoms. The highest BCUT2D eigenvalue weighted by Crippen LogP contribution is 2.39. The molecule has 1 aliphatic rings. The van der Waals surface area contributed by atoms with E-state index in [1.807, 2.05) is 13.0 Å². The molecule has 140 valence electrons. The molecule has 1 N–H and O–H groups in total. The van der Waals surface area contributed by atoms with E-state index in [1.54, 1.807) is 23.9 Å². The zero-order valence-corrected chi connectivity index (χ0v) is 15.1. The number of carbonyl (C=O) groups is 1. The van der Waals surface area contributed by atoms with Gasteiger partial charge in [-0.05, 0) is 37.5 Å². The lowest BCUT2D eigenvalue weighted by atomic mass is 10.2. The van der Waals surface area contributed by atoms with E-state index < -0.39 is 6.04 Å². The highest BCUT2D eigenvalue weighted by Gasteiger charge is 2.29. The SMILES string of the molecule is CCC(NC(=O)c1cc(C2CC2)nn1C)c1nc(-c2cccc(F)c2)no1. The smallest absolute Gasteiger partial charge is 0.270 e. The minimum absolute atomic E-state index is 0.241. The molecule has 0 aliphatic heterocycles. The van der Waals surface area contributed by atoms with Crippen LogP contribution in [0.4, 0.5) is 4.39 Å². The number of rotatable bonds is 6. The van der Waals surface area contributed by atoms with Crippen molar-refractivity contribution in [1.82, 2.24) is 25.2 Å². The summed E-state index contributed by atoms with van der Waals surface area (Å²) in [7, 11) is 1.76. The number of benzene rings is 1. The molecule has 1 amide bonds. The number of aryl methyl sites for hydroxylation is 1. The number of hydrogen-bond donors (Lipinski definition) is 1. The van der Waals surface area contributed by atoms with Crippen LogP contribution in [0, 0.1) is 5.82 Å². The van der Waals surface area contributed by atoms with E-state index in [4.69, 9.17) is 4.52 Å². The first kappa shape index (κ1) is 17.4. The Morgan fingerprint density at radius 2 is 2.22 bits per heavy atom. The van der Waals surface area contributed by atoms with Crippen molar-refractivity contribution in [3.8, 4) is 11.4 Å². The van der Waals surface area contributed by atoms with E-state index >= 15 is 0 Å². The normalized spacial score (nSPS) is 14.9. The van der Waals surface area contributed by atoms with E-state index in [2.05, 4.69) is 20.6 Å². The van der Waals surface area contributed by atoms with E-state index in [9.17, 15) is 9.18 Å². The fraction of sp³-hybridized carbons (Fsp3) is 0.368. The molecule has 0 radical (unpaired) electrons. The number of carbonyl (C=O) groups excluding carboxylic acids is 1. The first-order valence-electron chi connectivity index (χ1n) is 8.99. The van der Waals surface area contributed by atoms with Crippen molar-refractivity contribution < 1.29 is 13.7 Å². The number of nitrogens with one attached hydrogen (secondary N) is 1. The Kier molecular flexibility index (Phi) is 4.47. The van der Waals surface area contributed by atoms with Crippen LogP contribution in [-0.2, 0) is 7.05 Å². The third-order valence-electron chi connectivity index (χ3n) is 4.66. The molecule has 8 heteroatoms. The lowest BCUT2D eigenvalue weighted by molar-refractivity contribution is 0.0917. The van der Waals surface area contributed by atoms with Crippen molar-refractivity contribution in [3.05, 3.63) is 53.4 Å². The predicted molar refractivity (Wildman–Crippen MR) is 95.4 cm³/mol. The Morgan fingerprint density at radius 3 is 2.93 bits per heavy atom. The van der Waals surface area contributed by atoms with Crippen LogP contribution in [0.1, 0.15) is 60.2 Å². The molecule has 2 aromatic heterocycles. The van der Waals surface area contributed by atoms with Crippen LogP contribution in [0.5, 0.6) is 0 Å². The average Bonchev–Trinajstić information content (AvgIpc) is 3.25. The minimum atomic E-state index is -0.438. The Bertz CT molecular complexity index is 976. The molecule has 0 saturated heterocycles. The lowest BCUT2D eigenvalue weighted by Crippen LogP contribution is -2.30. The van der Waals surface area contributed by atoms with Gasteiger partial charge < -0.3 is 9.84 Å². The summed E-state index contributed by atoms with van der Waals surface area (Å²) < 4.78 is 20.3. The largest absolute Gasteiger partial charge is 0.339 e. The summed E-state index contributed by atoms with van der Waals surface area (Å²) in [5.41, 5.74) is 1.98. The van der Waals surface area contributed by atoms with Crippen LogP contribution in [0.2, 0.25) is 0 Å². The molecule has 4 rings (SSSR count). The molecule has 1 fully saturated rings. The molecule has 1 saturated carbocycles. The van der Waals surface area contributed by atoms with Crippen LogP contribution in [0.15, 0.2) is 34.9 Å². The van der Waals surface area contributed by atoms with Gasteiger partial charge in [0.05, 0.1) is 5.69 Å². The van der Waals surface area contributed by atoms with Gasteiger partial charge in [0, 0.05) is 18.5 Å². The molecule has 1 aliphatic carbocycles. The monoisotopic (exact) mass is 369 g/mol. The van der Waals surface area contributed by atoms with Crippen molar-refractivity contribution >= 4 is 5.91 Å². The minimum Gasteiger partial charge on any atom is -0.339 e. The second-order valence-electron chi connectivity index (χ2n) is 6.75. The molecule has 2 heterocycles. The van der Waals surface area contributed by atoms with Gasteiger partial charge in [0.2, 0.25) is 11.7 Å². The third-order valence-corrected chi connectivity index (χ3v) is 4.66. The maximum atomic E-state index is 13.4.